The Morgan fingerprint density at radius 1 is 0.885 bits per heavy atom. The highest BCUT2D eigenvalue weighted by Crippen LogP contribution is 2.36. The second kappa shape index (κ2) is 7.36. The predicted molar refractivity (Wildman–Crippen MR) is 103 cm³/mol. The van der Waals surface area contributed by atoms with Crippen LogP contribution in [0.15, 0.2) is 91.3 Å². The highest BCUT2D eigenvalue weighted by molar-refractivity contribution is 5.98. The average Bonchev–Trinajstić information content (AvgIpc) is 2.71. The molecule has 128 valence electrons. The molecule has 3 nitrogen and oxygen atoms in total. The Morgan fingerprint density at radius 3 is 2.23 bits per heavy atom. The van der Waals surface area contributed by atoms with Crippen LogP contribution >= 0.6 is 0 Å². The van der Waals surface area contributed by atoms with E-state index in [0.29, 0.717) is 13.1 Å². The van der Waals surface area contributed by atoms with E-state index in [-0.39, 0.29) is 11.8 Å². The molecule has 0 saturated heterocycles. The minimum Gasteiger partial charge on any atom is -0.334 e. The number of pyridine rings is 1. The first kappa shape index (κ1) is 16.3. The number of amides is 1. The summed E-state index contributed by atoms with van der Waals surface area (Å²) in [5, 5.41) is 0. The quantitative estimate of drug-likeness (QED) is 0.710. The fourth-order valence-corrected chi connectivity index (χ4v) is 3.48. The lowest BCUT2D eigenvalue weighted by Gasteiger charge is -2.33. The van der Waals surface area contributed by atoms with Gasteiger partial charge in [0.2, 0.25) is 5.91 Å². The third kappa shape index (κ3) is 3.42. The number of hydrogen-bond donors (Lipinski definition) is 0. The standard InChI is InChI=1S/C23H20N2O/c26-23-15-21(19-9-5-2-6-10-19)22(20-11-13-24-14-12-20)17-25(23)16-18-7-3-1-4-8-18/h1-15,22H,16-17H2. The summed E-state index contributed by atoms with van der Waals surface area (Å²) in [6, 6.07) is 24.4. The van der Waals surface area contributed by atoms with Crippen molar-refractivity contribution in [1.82, 2.24) is 9.88 Å². The molecule has 3 aromatic rings. The smallest absolute Gasteiger partial charge is 0.247 e. The first-order chi connectivity index (χ1) is 12.8. The van der Waals surface area contributed by atoms with Gasteiger partial charge in [-0.1, -0.05) is 60.7 Å². The highest BCUT2D eigenvalue weighted by atomic mass is 16.2. The van der Waals surface area contributed by atoms with Gasteiger partial charge in [-0.2, -0.15) is 0 Å². The van der Waals surface area contributed by atoms with Gasteiger partial charge in [0, 0.05) is 37.5 Å². The van der Waals surface area contributed by atoms with E-state index in [1.807, 2.05) is 65.8 Å². The molecule has 1 aromatic heterocycles. The fourth-order valence-electron chi connectivity index (χ4n) is 3.48. The zero-order chi connectivity index (χ0) is 17.8. The minimum atomic E-state index is 0.0676. The van der Waals surface area contributed by atoms with Crippen LogP contribution in [-0.4, -0.2) is 22.3 Å². The van der Waals surface area contributed by atoms with Gasteiger partial charge in [-0.05, 0) is 34.4 Å². The van der Waals surface area contributed by atoms with Crippen LogP contribution in [0.5, 0.6) is 0 Å². The Hall–Kier alpha value is -3.20. The first-order valence-electron chi connectivity index (χ1n) is 8.81. The molecule has 1 aliphatic heterocycles. The van der Waals surface area contributed by atoms with E-state index in [1.54, 1.807) is 6.08 Å². The minimum absolute atomic E-state index is 0.0676. The molecular weight excluding hydrogens is 320 g/mol. The summed E-state index contributed by atoms with van der Waals surface area (Å²) < 4.78 is 0. The van der Waals surface area contributed by atoms with Crippen LogP contribution in [0.2, 0.25) is 0 Å². The van der Waals surface area contributed by atoms with Gasteiger partial charge in [0.25, 0.3) is 0 Å². The van der Waals surface area contributed by atoms with Crippen molar-refractivity contribution < 1.29 is 4.79 Å². The second-order valence-electron chi connectivity index (χ2n) is 6.50. The topological polar surface area (TPSA) is 33.2 Å². The largest absolute Gasteiger partial charge is 0.334 e. The third-order valence-electron chi connectivity index (χ3n) is 4.80. The van der Waals surface area contributed by atoms with E-state index in [1.165, 1.54) is 5.56 Å². The molecule has 3 heteroatoms. The molecule has 1 atom stereocenters. The Labute approximate surface area is 153 Å². The average molecular weight is 340 g/mol. The molecule has 0 fully saturated rings. The van der Waals surface area contributed by atoms with E-state index in [2.05, 4.69) is 29.2 Å². The monoisotopic (exact) mass is 340 g/mol. The first-order valence-corrected chi connectivity index (χ1v) is 8.81. The SMILES string of the molecule is O=C1C=C(c2ccccc2)C(c2ccncc2)CN1Cc1ccccc1. The van der Waals surface area contributed by atoms with Crippen LogP contribution in [0.3, 0.4) is 0 Å². The summed E-state index contributed by atoms with van der Waals surface area (Å²) in [4.78, 5) is 18.9. The van der Waals surface area contributed by atoms with Crippen molar-refractivity contribution >= 4 is 11.5 Å². The van der Waals surface area contributed by atoms with Crippen LogP contribution < -0.4 is 0 Å². The molecule has 4 rings (SSSR count). The van der Waals surface area contributed by atoms with Crippen LogP contribution in [0.1, 0.15) is 22.6 Å². The molecule has 0 N–H and O–H groups in total. The molecular formula is C23H20N2O. The van der Waals surface area contributed by atoms with Crippen LogP contribution in [0, 0.1) is 0 Å². The van der Waals surface area contributed by atoms with Crippen molar-refractivity contribution in [1.29, 1.82) is 0 Å². The van der Waals surface area contributed by atoms with Gasteiger partial charge in [-0.3, -0.25) is 9.78 Å². The lowest BCUT2D eigenvalue weighted by atomic mass is 9.84. The van der Waals surface area contributed by atoms with Crippen LogP contribution in [0.4, 0.5) is 0 Å². The fraction of sp³-hybridized carbons (Fsp3) is 0.130. The van der Waals surface area contributed by atoms with Gasteiger partial charge in [0.1, 0.15) is 0 Å². The second-order valence-corrected chi connectivity index (χ2v) is 6.50. The summed E-state index contributed by atoms with van der Waals surface area (Å²) >= 11 is 0. The Morgan fingerprint density at radius 2 is 1.54 bits per heavy atom. The van der Waals surface area contributed by atoms with Crippen molar-refractivity contribution in [3.05, 3.63) is 108 Å². The van der Waals surface area contributed by atoms with Gasteiger partial charge in [-0.25, -0.2) is 0 Å². The molecule has 2 aromatic carbocycles. The van der Waals surface area contributed by atoms with Gasteiger partial charge in [0.15, 0.2) is 0 Å². The Kier molecular flexibility index (Phi) is 4.61. The summed E-state index contributed by atoms with van der Waals surface area (Å²) in [6.45, 7) is 1.29. The van der Waals surface area contributed by atoms with E-state index in [9.17, 15) is 4.79 Å². The number of benzene rings is 2. The summed E-state index contributed by atoms with van der Waals surface area (Å²) in [6.07, 6.45) is 5.43. The molecule has 0 aliphatic carbocycles. The van der Waals surface area contributed by atoms with Crippen molar-refractivity contribution in [2.24, 2.45) is 0 Å². The zero-order valence-corrected chi connectivity index (χ0v) is 14.5. The maximum absolute atomic E-state index is 12.8. The Balaban J connectivity index is 1.70. The normalized spacial score (nSPS) is 17.1. The van der Waals surface area contributed by atoms with Crippen molar-refractivity contribution in [2.45, 2.75) is 12.5 Å². The Bertz CT molecular complexity index is 905. The maximum atomic E-state index is 12.8. The van der Waals surface area contributed by atoms with Gasteiger partial charge in [0.05, 0.1) is 0 Å². The van der Waals surface area contributed by atoms with Gasteiger partial charge < -0.3 is 4.90 Å². The molecule has 0 radical (unpaired) electrons. The number of rotatable bonds is 4. The molecule has 0 bridgehead atoms. The summed E-state index contributed by atoms with van der Waals surface area (Å²) in [7, 11) is 0. The van der Waals surface area contributed by atoms with Crippen molar-refractivity contribution in [3.8, 4) is 0 Å². The number of carbonyl (C=O) groups excluding carboxylic acids is 1. The predicted octanol–water partition coefficient (Wildman–Crippen LogP) is 4.29. The highest BCUT2D eigenvalue weighted by Gasteiger charge is 2.29. The van der Waals surface area contributed by atoms with Gasteiger partial charge in [-0.15, -0.1) is 0 Å². The van der Waals surface area contributed by atoms with Gasteiger partial charge >= 0.3 is 0 Å². The molecule has 26 heavy (non-hydrogen) atoms. The lowest BCUT2D eigenvalue weighted by molar-refractivity contribution is -0.127. The number of nitrogens with zero attached hydrogens (tertiary/aromatic N) is 2. The van der Waals surface area contributed by atoms with E-state index in [4.69, 9.17) is 0 Å². The lowest BCUT2D eigenvalue weighted by Crippen LogP contribution is -2.37. The van der Waals surface area contributed by atoms with Crippen LogP contribution in [-0.2, 0) is 11.3 Å². The molecule has 0 spiro atoms. The molecule has 0 saturated carbocycles. The molecule has 1 unspecified atom stereocenters. The van der Waals surface area contributed by atoms with Crippen molar-refractivity contribution in [3.63, 3.8) is 0 Å². The molecule has 1 aliphatic rings. The van der Waals surface area contributed by atoms with E-state index >= 15 is 0 Å². The maximum Gasteiger partial charge on any atom is 0.247 e. The third-order valence-corrected chi connectivity index (χ3v) is 4.80. The van der Waals surface area contributed by atoms with Crippen molar-refractivity contribution in [2.75, 3.05) is 6.54 Å². The molecule has 2 heterocycles. The number of carbonyl (C=O) groups is 1. The zero-order valence-electron chi connectivity index (χ0n) is 14.5. The molecule has 1 amide bonds. The summed E-state index contributed by atoms with van der Waals surface area (Å²) in [5.74, 6) is 0.208. The summed E-state index contributed by atoms with van der Waals surface area (Å²) in [5.41, 5.74) is 4.50. The van der Waals surface area contributed by atoms with Crippen LogP contribution in [0.25, 0.3) is 5.57 Å². The van der Waals surface area contributed by atoms with E-state index < -0.39 is 0 Å². The van der Waals surface area contributed by atoms with E-state index in [0.717, 1.165) is 16.7 Å². The number of aromatic nitrogens is 1. The number of hydrogen-bond acceptors (Lipinski definition) is 2.